The summed E-state index contributed by atoms with van der Waals surface area (Å²) in [4.78, 5) is 4.98. The molecule has 4 rings (SSSR count). The monoisotopic (exact) mass is 458 g/mol. The molecule has 1 aliphatic heterocycles. The Bertz CT molecular complexity index is 1040. The maximum Gasteiger partial charge on any atom is 0.142 e. The number of piperazine rings is 1. The first-order valence-electron chi connectivity index (χ1n) is 12.5. The number of hydrogen-bond acceptors (Lipinski definition) is 4. The van der Waals surface area contributed by atoms with Crippen LogP contribution in [0.4, 0.5) is 5.69 Å². The summed E-state index contributed by atoms with van der Waals surface area (Å²) in [5.41, 5.74) is 5.11. The van der Waals surface area contributed by atoms with Gasteiger partial charge in [0.05, 0.1) is 12.8 Å². The highest BCUT2D eigenvalue weighted by molar-refractivity contribution is 5.58. The van der Waals surface area contributed by atoms with Crippen molar-refractivity contribution < 1.29 is 9.47 Å². The number of aryl methyl sites for hydroxylation is 1. The molecule has 0 aromatic heterocycles. The number of ether oxygens (including phenoxy) is 2. The van der Waals surface area contributed by atoms with Crippen molar-refractivity contribution in [3.05, 3.63) is 89.5 Å². The summed E-state index contributed by atoms with van der Waals surface area (Å²) >= 11 is 0. The molecule has 1 aliphatic rings. The third-order valence-corrected chi connectivity index (χ3v) is 6.82. The van der Waals surface area contributed by atoms with Gasteiger partial charge in [-0.15, -0.1) is 0 Å². The largest absolute Gasteiger partial charge is 0.495 e. The Kier molecular flexibility index (Phi) is 8.12. The number of anilines is 1. The van der Waals surface area contributed by atoms with Crippen LogP contribution in [0.15, 0.2) is 72.8 Å². The predicted octanol–water partition coefficient (Wildman–Crippen LogP) is 6.46. The van der Waals surface area contributed by atoms with Crippen molar-refractivity contribution in [3.63, 3.8) is 0 Å². The normalized spacial score (nSPS) is 15.4. The van der Waals surface area contributed by atoms with Gasteiger partial charge in [-0.05, 0) is 53.8 Å². The van der Waals surface area contributed by atoms with E-state index in [1.165, 1.54) is 22.4 Å². The van der Waals surface area contributed by atoms with Crippen LogP contribution in [0, 0.1) is 6.92 Å². The van der Waals surface area contributed by atoms with E-state index in [9.17, 15) is 0 Å². The van der Waals surface area contributed by atoms with Crippen molar-refractivity contribution >= 4 is 5.69 Å². The molecule has 3 aromatic carbocycles. The van der Waals surface area contributed by atoms with Crippen LogP contribution in [0.2, 0.25) is 0 Å². The van der Waals surface area contributed by atoms with Crippen LogP contribution >= 0.6 is 0 Å². The third-order valence-electron chi connectivity index (χ3n) is 6.82. The summed E-state index contributed by atoms with van der Waals surface area (Å²) in [6.07, 6.45) is 1.00. The first-order chi connectivity index (χ1) is 16.5. The van der Waals surface area contributed by atoms with E-state index in [2.05, 4.69) is 91.2 Å². The lowest BCUT2D eigenvalue weighted by atomic mass is 9.98. The molecular weight excluding hydrogens is 420 g/mol. The van der Waals surface area contributed by atoms with Crippen LogP contribution in [0.3, 0.4) is 0 Å². The maximum atomic E-state index is 6.57. The lowest BCUT2D eigenvalue weighted by Gasteiger charge is -2.37. The molecule has 1 atom stereocenters. The van der Waals surface area contributed by atoms with E-state index in [0.29, 0.717) is 5.92 Å². The Morgan fingerprint density at radius 2 is 1.56 bits per heavy atom. The smallest absolute Gasteiger partial charge is 0.142 e. The fraction of sp³-hybridized carbons (Fsp3) is 0.400. The van der Waals surface area contributed by atoms with E-state index in [4.69, 9.17) is 9.47 Å². The topological polar surface area (TPSA) is 24.9 Å². The van der Waals surface area contributed by atoms with Gasteiger partial charge in [0.15, 0.2) is 0 Å². The minimum atomic E-state index is 0.0396. The number of methoxy groups -OCH3 is 1. The number of hydrogen-bond donors (Lipinski definition) is 0. The van der Waals surface area contributed by atoms with Crippen molar-refractivity contribution in [1.82, 2.24) is 4.90 Å². The number of benzene rings is 3. The highest BCUT2D eigenvalue weighted by Crippen LogP contribution is 2.30. The van der Waals surface area contributed by atoms with Crippen molar-refractivity contribution in [1.29, 1.82) is 0 Å². The Morgan fingerprint density at radius 3 is 2.24 bits per heavy atom. The van der Waals surface area contributed by atoms with E-state index in [-0.39, 0.29) is 6.10 Å². The highest BCUT2D eigenvalue weighted by atomic mass is 16.5. The molecule has 1 saturated heterocycles. The molecular formula is C30H38N2O2. The molecule has 1 heterocycles. The Labute approximate surface area is 205 Å². The van der Waals surface area contributed by atoms with E-state index in [1.807, 2.05) is 12.1 Å². The van der Waals surface area contributed by atoms with Crippen molar-refractivity contribution in [2.45, 2.75) is 39.2 Å². The van der Waals surface area contributed by atoms with Gasteiger partial charge in [-0.3, -0.25) is 4.90 Å². The fourth-order valence-electron chi connectivity index (χ4n) is 4.90. The molecule has 4 heteroatoms. The molecule has 0 N–H and O–H groups in total. The molecule has 1 fully saturated rings. The molecule has 34 heavy (non-hydrogen) atoms. The van der Waals surface area contributed by atoms with Crippen LogP contribution in [0.1, 0.15) is 49.0 Å². The van der Waals surface area contributed by atoms with Gasteiger partial charge in [0.2, 0.25) is 0 Å². The van der Waals surface area contributed by atoms with E-state index >= 15 is 0 Å². The summed E-state index contributed by atoms with van der Waals surface area (Å²) in [5, 5.41) is 0. The molecule has 4 nitrogen and oxygen atoms in total. The predicted molar refractivity (Wildman–Crippen MR) is 141 cm³/mol. The zero-order valence-electron chi connectivity index (χ0n) is 21.0. The van der Waals surface area contributed by atoms with E-state index in [0.717, 1.165) is 50.6 Å². The average molecular weight is 459 g/mol. The summed E-state index contributed by atoms with van der Waals surface area (Å²) in [7, 11) is 1.75. The summed E-state index contributed by atoms with van der Waals surface area (Å²) < 4.78 is 12.1. The van der Waals surface area contributed by atoms with Crippen LogP contribution in [0.25, 0.3) is 0 Å². The maximum absolute atomic E-state index is 6.57. The average Bonchev–Trinajstić information content (AvgIpc) is 2.87. The molecule has 0 spiro atoms. The first-order valence-corrected chi connectivity index (χ1v) is 12.5. The SMILES string of the molecule is COc1ccccc1N1CCN(CC[C@@H](Oc2ccc(C(C)C)c(C)c2)c2ccccc2)CC1. The number of rotatable bonds is 9. The summed E-state index contributed by atoms with van der Waals surface area (Å²) in [6, 6.07) is 25.5. The molecule has 0 amide bonds. The third kappa shape index (κ3) is 5.92. The van der Waals surface area contributed by atoms with Crippen molar-refractivity contribution in [2.24, 2.45) is 0 Å². The van der Waals surface area contributed by atoms with Crippen molar-refractivity contribution in [3.8, 4) is 11.5 Å². The number of para-hydroxylation sites is 2. The molecule has 180 valence electrons. The Morgan fingerprint density at radius 1 is 0.853 bits per heavy atom. The number of nitrogens with zero attached hydrogens (tertiary/aromatic N) is 2. The standard InChI is InChI=1S/C30H38N2O2/c1-23(2)27-15-14-26(22-24(27)3)34-29(25-10-6-5-7-11-25)16-17-31-18-20-32(21-19-31)28-12-8-9-13-30(28)33-4/h5-15,22-23,29H,16-21H2,1-4H3/t29-/m1/s1. The Hall–Kier alpha value is -2.98. The summed E-state index contributed by atoms with van der Waals surface area (Å²) in [5.74, 6) is 2.43. The molecule has 0 saturated carbocycles. The van der Waals surface area contributed by atoms with Crippen LogP contribution < -0.4 is 14.4 Å². The molecule has 0 radical (unpaired) electrons. The van der Waals surface area contributed by atoms with Gasteiger partial charge in [-0.1, -0.05) is 62.4 Å². The molecule has 0 unspecified atom stereocenters. The molecule has 3 aromatic rings. The van der Waals surface area contributed by atoms with Crippen LogP contribution in [-0.4, -0.2) is 44.7 Å². The van der Waals surface area contributed by atoms with Gasteiger partial charge < -0.3 is 14.4 Å². The van der Waals surface area contributed by atoms with Crippen LogP contribution in [-0.2, 0) is 0 Å². The fourth-order valence-corrected chi connectivity index (χ4v) is 4.90. The van der Waals surface area contributed by atoms with Crippen molar-refractivity contribution in [2.75, 3.05) is 44.7 Å². The lowest BCUT2D eigenvalue weighted by Crippen LogP contribution is -2.47. The minimum absolute atomic E-state index is 0.0396. The van der Waals surface area contributed by atoms with Gasteiger partial charge in [-0.25, -0.2) is 0 Å². The zero-order valence-corrected chi connectivity index (χ0v) is 21.0. The van der Waals surface area contributed by atoms with Crippen LogP contribution in [0.5, 0.6) is 11.5 Å². The molecule has 0 aliphatic carbocycles. The zero-order chi connectivity index (χ0) is 23.9. The second-order valence-corrected chi connectivity index (χ2v) is 9.48. The van der Waals surface area contributed by atoms with Gasteiger partial charge in [0.1, 0.15) is 17.6 Å². The van der Waals surface area contributed by atoms with Gasteiger partial charge >= 0.3 is 0 Å². The second-order valence-electron chi connectivity index (χ2n) is 9.48. The minimum Gasteiger partial charge on any atom is -0.495 e. The quantitative estimate of drug-likeness (QED) is 0.367. The Balaban J connectivity index is 1.39. The van der Waals surface area contributed by atoms with E-state index in [1.54, 1.807) is 7.11 Å². The summed E-state index contributed by atoms with van der Waals surface area (Å²) in [6.45, 7) is 11.8. The first kappa shape index (κ1) is 24.2. The van der Waals surface area contributed by atoms with Gasteiger partial charge in [-0.2, -0.15) is 0 Å². The van der Waals surface area contributed by atoms with Gasteiger partial charge in [0, 0.05) is 39.1 Å². The lowest BCUT2D eigenvalue weighted by molar-refractivity contribution is 0.160. The highest BCUT2D eigenvalue weighted by Gasteiger charge is 2.22. The van der Waals surface area contributed by atoms with Gasteiger partial charge in [0.25, 0.3) is 0 Å². The molecule has 0 bridgehead atoms. The second kappa shape index (κ2) is 11.4. The van der Waals surface area contributed by atoms with E-state index < -0.39 is 0 Å².